The zero-order valence-corrected chi connectivity index (χ0v) is 9.09. The summed E-state index contributed by atoms with van der Waals surface area (Å²) < 4.78 is 37.6. The van der Waals surface area contributed by atoms with Gasteiger partial charge in [-0.3, -0.25) is 4.79 Å². The number of aliphatic carboxylic acids is 1. The Morgan fingerprint density at radius 2 is 2.18 bits per heavy atom. The number of nitrogens with zero attached hydrogens (tertiary/aromatic N) is 1. The van der Waals surface area contributed by atoms with E-state index < -0.39 is 17.7 Å². The Morgan fingerprint density at radius 3 is 2.71 bits per heavy atom. The van der Waals surface area contributed by atoms with Crippen LogP contribution in [0.3, 0.4) is 0 Å². The van der Waals surface area contributed by atoms with Crippen LogP contribution in [0.25, 0.3) is 6.08 Å². The van der Waals surface area contributed by atoms with Crippen molar-refractivity contribution in [1.82, 2.24) is 4.98 Å². The first-order valence-corrected chi connectivity index (χ1v) is 4.79. The maximum atomic E-state index is 12.5. The highest BCUT2D eigenvalue weighted by Gasteiger charge is 2.33. The summed E-state index contributed by atoms with van der Waals surface area (Å²) in [5.74, 6) is -1.13. The van der Waals surface area contributed by atoms with Crippen LogP contribution in [0.15, 0.2) is 18.3 Å². The minimum Gasteiger partial charge on any atom is -0.481 e. The summed E-state index contributed by atoms with van der Waals surface area (Å²) >= 11 is 5.48. The lowest BCUT2D eigenvalue weighted by Gasteiger charge is -2.09. The summed E-state index contributed by atoms with van der Waals surface area (Å²) in [7, 11) is 0. The quantitative estimate of drug-likeness (QED) is 0.854. The summed E-state index contributed by atoms with van der Waals surface area (Å²) in [4.78, 5) is 13.6. The molecule has 0 aliphatic rings. The standard InChI is InChI=1S/C10H7ClF3NO2/c11-8-4-6(2-1-3-9(16)17)7(5-15-8)10(12,13)14/h1-2,4-5H,3H2,(H,16,17). The molecule has 0 radical (unpaired) electrons. The van der Waals surface area contributed by atoms with Gasteiger partial charge in [0.05, 0.1) is 12.0 Å². The van der Waals surface area contributed by atoms with Gasteiger partial charge in [0, 0.05) is 6.20 Å². The Morgan fingerprint density at radius 1 is 1.53 bits per heavy atom. The summed E-state index contributed by atoms with van der Waals surface area (Å²) in [5, 5.41) is 8.27. The van der Waals surface area contributed by atoms with Gasteiger partial charge in [-0.15, -0.1) is 0 Å². The van der Waals surface area contributed by atoms with Gasteiger partial charge in [-0.1, -0.05) is 23.8 Å². The molecule has 0 saturated carbocycles. The van der Waals surface area contributed by atoms with Gasteiger partial charge in [0.2, 0.25) is 0 Å². The molecule has 1 aromatic rings. The molecular formula is C10H7ClF3NO2. The number of halogens is 4. The molecule has 0 unspecified atom stereocenters. The molecule has 0 aliphatic heterocycles. The van der Waals surface area contributed by atoms with Gasteiger partial charge in [-0.25, -0.2) is 4.98 Å². The van der Waals surface area contributed by atoms with Gasteiger partial charge in [-0.05, 0) is 11.6 Å². The van der Waals surface area contributed by atoms with Crippen LogP contribution in [-0.2, 0) is 11.0 Å². The molecule has 7 heteroatoms. The first-order chi connectivity index (χ1) is 7.80. The Labute approximate surface area is 99.5 Å². The fourth-order valence-corrected chi connectivity index (χ4v) is 1.27. The van der Waals surface area contributed by atoms with Crippen LogP contribution < -0.4 is 0 Å². The van der Waals surface area contributed by atoms with E-state index in [-0.39, 0.29) is 17.1 Å². The van der Waals surface area contributed by atoms with Gasteiger partial charge >= 0.3 is 12.1 Å². The number of carboxylic acid groups (broad SMARTS) is 1. The van der Waals surface area contributed by atoms with Crippen molar-refractivity contribution >= 4 is 23.6 Å². The van der Waals surface area contributed by atoms with Gasteiger partial charge in [-0.2, -0.15) is 13.2 Å². The first kappa shape index (κ1) is 13.5. The lowest BCUT2D eigenvalue weighted by molar-refractivity contribution is -0.138. The molecule has 0 atom stereocenters. The molecular weight excluding hydrogens is 259 g/mol. The SMILES string of the molecule is O=C(O)CC=Cc1cc(Cl)ncc1C(F)(F)F. The maximum Gasteiger partial charge on any atom is 0.418 e. The second kappa shape index (κ2) is 5.18. The molecule has 1 heterocycles. The number of carbonyl (C=O) groups is 1. The normalized spacial score (nSPS) is 12.0. The average molecular weight is 266 g/mol. The van der Waals surface area contributed by atoms with E-state index in [2.05, 4.69) is 4.98 Å². The fraction of sp³-hybridized carbons (Fsp3) is 0.200. The van der Waals surface area contributed by atoms with Crippen molar-refractivity contribution in [2.24, 2.45) is 0 Å². The molecule has 1 N–H and O–H groups in total. The van der Waals surface area contributed by atoms with Crippen molar-refractivity contribution in [3.63, 3.8) is 0 Å². The Hall–Kier alpha value is -1.56. The van der Waals surface area contributed by atoms with Crippen LogP contribution in [0, 0.1) is 0 Å². The highest BCUT2D eigenvalue weighted by molar-refractivity contribution is 6.29. The summed E-state index contributed by atoms with van der Waals surface area (Å²) in [6, 6.07) is 1.03. The van der Waals surface area contributed by atoms with Gasteiger partial charge < -0.3 is 5.11 Å². The van der Waals surface area contributed by atoms with Gasteiger partial charge in [0.1, 0.15) is 5.15 Å². The third-order valence-electron chi connectivity index (χ3n) is 1.80. The number of alkyl halides is 3. The average Bonchev–Trinajstić information content (AvgIpc) is 2.15. The maximum absolute atomic E-state index is 12.5. The largest absolute Gasteiger partial charge is 0.481 e. The number of hydrogen-bond donors (Lipinski definition) is 1. The molecule has 0 aliphatic carbocycles. The van der Waals surface area contributed by atoms with E-state index >= 15 is 0 Å². The fourth-order valence-electron chi connectivity index (χ4n) is 1.11. The summed E-state index contributed by atoms with van der Waals surface area (Å²) in [5.41, 5.74) is -1.16. The molecule has 17 heavy (non-hydrogen) atoms. The Balaban J connectivity index is 3.08. The topological polar surface area (TPSA) is 50.2 Å². The molecule has 0 amide bonds. The third kappa shape index (κ3) is 4.07. The highest BCUT2D eigenvalue weighted by atomic mass is 35.5. The van der Waals surface area contributed by atoms with E-state index in [0.717, 1.165) is 18.2 Å². The van der Waals surface area contributed by atoms with E-state index in [1.165, 1.54) is 0 Å². The highest BCUT2D eigenvalue weighted by Crippen LogP contribution is 2.32. The van der Waals surface area contributed by atoms with E-state index in [1.807, 2.05) is 0 Å². The number of aromatic nitrogens is 1. The summed E-state index contributed by atoms with van der Waals surface area (Å²) in [6.45, 7) is 0. The Bertz CT molecular complexity index is 457. The van der Waals surface area contributed by atoms with Crippen LogP contribution in [0.4, 0.5) is 13.2 Å². The minimum atomic E-state index is -4.56. The van der Waals surface area contributed by atoms with Crippen molar-refractivity contribution < 1.29 is 23.1 Å². The molecule has 92 valence electrons. The zero-order valence-electron chi connectivity index (χ0n) is 8.33. The zero-order chi connectivity index (χ0) is 13.1. The van der Waals surface area contributed by atoms with Crippen LogP contribution in [0.5, 0.6) is 0 Å². The van der Waals surface area contributed by atoms with Crippen molar-refractivity contribution in [3.05, 3.63) is 34.6 Å². The van der Waals surface area contributed by atoms with E-state index in [0.29, 0.717) is 6.20 Å². The lowest BCUT2D eigenvalue weighted by Crippen LogP contribution is -2.08. The van der Waals surface area contributed by atoms with Crippen molar-refractivity contribution in [3.8, 4) is 0 Å². The van der Waals surface area contributed by atoms with Crippen molar-refractivity contribution in [1.29, 1.82) is 0 Å². The van der Waals surface area contributed by atoms with Crippen LogP contribution in [0.1, 0.15) is 17.5 Å². The molecule has 1 rings (SSSR count). The van der Waals surface area contributed by atoms with Crippen LogP contribution in [0.2, 0.25) is 5.15 Å². The first-order valence-electron chi connectivity index (χ1n) is 4.42. The number of carboxylic acids is 1. The molecule has 3 nitrogen and oxygen atoms in total. The monoisotopic (exact) mass is 265 g/mol. The second-order valence-electron chi connectivity index (χ2n) is 3.09. The minimum absolute atomic E-state index is 0.0898. The van der Waals surface area contributed by atoms with Crippen LogP contribution >= 0.6 is 11.6 Å². The van der Waals surface area contributed by atoms with E-state index in [9.17, 15) is 18.0 Å². The van der Waals surface area contributed by atoms with Crippen LogP contribution in [-0.4, -0.2) is 16.1 Å². The predicted octanol–water partition coefficient (Wildman–Crippen LogP) is 3.24. The summed E-state index contributed by atoms with van der Waals surface area (Å²) in [6.07, 6.45) is -2.13. The Kier molecular flexibility index (Phi) is 4.11. The number of hydrogen-bond acceptors (Lipinski definition) is 2. The van der Waals surface area contributed by atoms with Crippen molar-refractivity contribution in [2.75, 3.05) is 0 Å². The third-order valence-corrected chi connectivity index (χ3v) is 2.00. The van der Waals surface area contributed by atoms with E-state index in [4.69, 9.17) is 16.7 Å². The predicted molar refractivity (Wildman–Crippen MR) is 55.5 cm³/mol. The number of pyridine rings is 1. The number of rotatable bonds is 3. The molecule has 0 fully saturated rings. The second-order valence-corrected chi connectivity index (χ2v) is 3.48. The molecule has 0 saturated heterocycles. The molecule has 1 aromatic heterocycles. The van der Waals surface area contributed by atoms with Gasteiger partial charge in [0.25, 0.3) is 0 Å². The smallest absolute Gasteiger partial charge is 0.418 e. The molecule has 0 bridgehead atoms. The van der Waals surface area contributed by atoms with E-state index in [1.54, 1.807) is 0 Å². The molecule has 0 spiro atoms. The van der Waals surface area contributed by atoms with Gasteiger partial charge in [0.15, 0.2) is 0 Å². The molecule has 0 aromatic carbocycles. The van der Waals surface area contributed by atoms with Crippen molar-refractivity contribution in [2.45, 2.75) is 12.6 Å². The lowest BCUT2D eigenvalue weighted by atomic mass is 10.1.